The lowest BCUT2D eigenvalue weighted by atomic mass is 9.93. The minimum atomic E-state index is -4.35. The Hall–Kier alpha value is -1.97. The largest absolute Gasteiger partial charge is 0.416 e. The smallest absolute Gasteiger partial charge is 0.389 e. The molecule has 9 heteroatoms. The van der Waals surface area contributed by atoms with Crippen molar-refractivity contribution in [3.05, 3.63) is 47.3 Å². The van der Waals surface area contributed by atoms with Gasteiger partial charge in [-0.25, -0.2) is 4.68 Å². The lowest BCUT2D eigenvalue weighted by Crippen LogP contribution is -2.45. The lowest BCUT2D eigenvalue weighted by Gasteiger charge is -2.22. The van der Waals surface area contributed by atoms with Crippen LogP contribution in [0.4, 0.5) is 13.2 Å². The van der Waals surface area contributed by atoms with Crippen molar-refractivity contribution in [3.63, 3.8) is 0 Å². The van der Waals surface area contributed by atoms with Crippen LogP contribution in [0.2, 0.25) is 0 Å². The van der Waals surface area contributed by atoms with Crippen molar-refractivity contribution in [3.8, 4) is 0 Å². The zero-order valence-electron chi connectivity index (χ0n) is 16.1. The van der Waals surface area contributed by atoms with Gasteiger partial charge in [0.1, 0.15) is 0 Å². The van der Waals surface area contributed by atoms with Gasteiger partial charge in [0, 0.05) is 18.2 Å². The SMILES string of the molecule is CC(C)(C)c1cn(C[C@H]2OC[C@H](O)[C@H]2NCc2ccc(C(F)(F)F)cc2)nn1. The number of nitrogens with one attached hydrogen (secondary N) is 1. The number of aromatic nitrogens is 3. The predicted molar refractivity (Wildman–Crippen MR) is 96.5 cm³/mol. The second kappa shape index (κ2) is 7.81. The summed E-state index contributed by atoms with van der Waals surface area (Å²) in [5.74, 6) is 0. The number of aliphatic hydroxyl groups excluding tert-OH is 1. The van der Waals surface area contributed by atoms with E-state index in [9.17, 15) is 18.3 Å². The first-order valence-electron chi connectivity index (χ1n) is 9.14. The molecule has 1 saturated heterocycles. The van der Waals surface area contributed by atoms with Crippen LogP contribution in [-0.2, 0) is 29.4 Å². The van der Waals surface area contributed by atoms with Crippen LogP contribution >= 0.6 is 0 Å². The van der Waals surface area contributed by atoms with Gasteiger partial charge in [-0.05, 0) is 17.7 Å². The second-order valence-electron chi connectivity index (χ2n) is 8.12. The fraction of sp³-hybridized carbons (Fsp3) is 0.579. The highest BCUT2D eigenvalue weighted by atomic mass is 19.4. The molecule has 0 bridgehead atoms. The predicted octanol–water partition coefficient (Wildman–Crippen LogP) is 2.51. The molecule has 1 aromatic heterocycles. The number of halogens is 3. The van der Waals surface area contributed by atoms with E-state index < -0.39 is 17.8 Å². The molecule has 2 aromatic rings. The van der Waals surface area contributed by atoms with E-state index in [4.69, 9.17) is 4.74 Å². The maximum Gasteiger partial charge on any atom is 0.416 e. The Kier molecular flexibility index (Phi) is 5.79. The standard InChI is InChI=1S/C19H25F3N4O2/c1-18(2,3)16-10-26(25-24-16)9-15-17(14(27)11-28-15)23-8-12-4-6-13(7-5-12)19(20,21)22/h4-7,10,14-15,17,23,27H,8-9,11H2,1-3H3/t14-,15+,17+/m0/s1. The van der Waals surface area contributed by atoms with Crippen molar-refractivity contribution in [1.82, 2.24) is 20.3 Å². The van der Waals surface area contributed by atoms with Crippen LogP contribution in [0.25, 0.3) is 0 Å². The number of hydrogen-bond donors (Lipinski definition) is 2. The molecule has 0 amide bonds. The van der Waals surface area contributed by atoms with Crippen LogP contribution in [0.1, 0.15) is 37.6 Å². The van der Waals surface area contributed by atoms with Crippen LogP contribution in [0.5, 0.6) is 0 Å². The highest BCUT2D eigenvalue weighted by Gasteiger charge is 2.36. The van der Waals surface area contributed by atoms with E-state index in [0.717, 1.165) is 17.8 Å². The molecule has 3 atom stereocenters. The van der Waals surface area contributed by atoms with E-state index in [-0.39, 0.29) is 24.2 Å². The summed E-state index contributed by atoms with van der Waals surface area (Å²) in [4.78, 5) is 0. The Bertz CT molecular complexity index is 784. The van der Waals surface area contributed by atoms with Gasteiger partial charge in [0.2, 0.25) is 0 Å². The zero-order chi connectivity index (χ0) is 20.5. The molecule has 0 radical (unpaired) electrons. The summed E-state index contributed by atoms with van der Waals surface area (Å²) in [6.07, 6.45) is -3.51. The molecule has 1 aliphatic heterocycles. The van der Waals surface area contributed by atoms with Gasteiger partial charge in [-0.3, -0.25) is 0 Å². The summed E-state index contributed by atoms with van der Waals surface area (Å²) in [5, 5.41) is 21.7. The van der Waals surface area contributed by atoms with E-state index in [0.29, 0.717) is 18.7 Å². The van der Waals surface area contributed by atoms with Gasteiger partial charge < -0.3 is 15.2 Å². The minimum absolute atomic E-state index is 0.117. The van der Waals surface area contributed by atoms with Gasteiger partial charge in [0.25, 0.3) is 0 Å². The molecular weight excluding hydrogens is 373 g/mol. The third kappa shape index (κ3) is 4.89. The van der Waals surface area contributed by atoms with Crippen LogP contribution in [0.15, 0.2) is 30.5 Å². The minimum Gasteiger partial charge on any atom is -0.389 e. The average Bonchev–Trinajstić information content (AvgIpc) is 3.20. The molecule has 154 valence electrons. The quantitative estimate of drug-likeness (QED) is 0.810. The Morgan fingerprint density at radius 2 is 1.89 bits per heavy atom. The lowest BCUT2D eigenvalue weighted by molar-refractivity contribution is -0.137. The van der Waals surface area contributed by atoms with Crippen molar-refractivity contribution in [1.29, 1.82) is 0 Å². The second-order valence-corrected chi connectivity index (χ2v) is 8.12. The molecule has 1 aliphatic rings. The molecule has 1 aromatic carbocycles. The van der Waals surface area contributed by atoms with E-state index in [1.807, 2.05) is 27.0 Å². The Balaban J connectivity index is 1.61. The Morgan fingerprint density at radius 3 is 2.46 bits per heavy atom. The van der Waals surface area contributed by atoms with E-state index in [1.165, 1.54) is 12.1 Å². The van der Waals surface area contributed by atoms with Crippen LogP contribution in [-0.4, -0.2) is 45.0 Å². The first-order valence-corrected chi connectivity index (χ1v) is 9.14. The monoisotopic (exact) mass is 398 g/mol. The van der Waals surface area contributed by atoms with Crippen molar-refractivity contribution in [2.45, 2.75) is 63.7 Å². The summed E-state index contributed by atoms with van der Waals surface area (Å²) in [6, 6.07) is 4.61. The summed E-state index contributed by atoms with van der Waals surface area (Å²) >= 11 is 0. The number of benzene rings is 1. The van der Waals surface area contributed by atoms with Gasteiger partial charge >= 0.3 is 6.18 Å². The average molecular weight is 398 g/mol. The van der Waals surface area contributed by atoms with Crippen LogP contribution in [0, 0.1) is 0 Å². The number of ether oxygens (including phenoxy) is 1. The fourth-order valence-corrected chi connectivity index (χ4v) is 3.07. The van der Waals surface area contributed by atoms with Crippen molar-refractivity contribution < 1.29 is 23.0 Å². The summed E-state index contributed by atoms with van der Waals surface area (Å²) in [6.45, 7) is 7.08. The van der Waals surface area contributed by atoms with Gasteiger partial charge in [-0.1, -0.05) is 38.1 Å². The molecule has 2 N–H and O–H groups in total. The van der Waals surface area contributed by atoms with Gasteiger partial charge in [0.15, 0.2) is 0 Å². The van der Waals surface area contributed by atoms with Crippen molar-refractivity contribution in [2.24, 2.45) is 0 Å². The molecule has 2 heterocycles. The molecule has 0 spiro atoms. The Labute approximate surface area is 161 Å². The molecular formula is C19H25F3N4O2. The third-order valence-corrected chi connectivity index (χ3v) is 4.79. The fourth-order valence-electron chi connectivity index (χ4n) is 3.07. The molecule has 1 fully saturated rings. The van der Waals surface area contributed by atoms with Gasteiger partial charge in [-0.15, -0.1) is 5.10 Å². The van der Waals surface area contributed by atoms with Gasteiger partial charge in [-0.2, -0.15) is 13.2 Å². The number of nitrogens with zero attached hydrogens (tertiary/aromatic N) is 3. The molecule has 3 rings (SSSR count). The third-order valence-electron chi connectivity index (χ3n) is 4.79. The van der Waals surface area contributed by atoms with E-state index >= 15 is 0 Å². The summed E-state index contributed by atoms with van der Waals surface area (Å²) < 4.78 is 45.3. The maximum absolute atomic E-state index is 12.7. The van der Waals surface area contributed by atoms with E-state index in [1.54, 1.807) is 4.68 Å². The highest BCUT2D eigenvalue weighted by molar-refractivity contribution is 5.24. The molecule has 6 nitrogen and oxygen atoms in total. The number of rotatable bonds is 5. The normalized spacial score (nSPS) is 23.3. The number of hydrogen-bond acceptors (Lipinski definition) is 5. The molecule has 0 aliphatic carbocycles. The molecule has 0 unspecified atom stereocenters. The van der Waals surface area contributed by atoms with Crippen LogP contribution in [0.3, 0.4) is 0 Å². The van der Waals surface area contributed by atoms with Crippen molar-refractivity contribution >= 4 is 0 Å². The first kappa shape index (κ1) is 20.8. The topological polar surface area (TPSA) is 72.2 Å². The number of alkyl halides is 3. The number of aliphatic hydroxyl groups is 1. The summed E-state index contributed by atoms with van der Waals surface area (Å²) in [7, 11) is 0. The Morgan fingerprint density at radius 1 is 1.21 bits per heavy atom. The summed E-state index contributed by atoms with van der Waals surface area (Å²) in [5.41, 5.74) is 0.760. The van der Waals surface area contributed by atoms with Gasteiger partial charge in [0.05, 0.1) is 42.7 Å². The van der Waals surface area contributed by atoms with Crippen molar-refractivity contribution in [2.75, 3.05) is 6.61 Å². The highest BCUT2D eigenvalue weighted by Crippen LogP contribution is 2.29. The first-order chi connectivity index (χ1) is 13.0. The zero-order valence-corrected chi connectivity index (χ0v) is 16.1. The maximum atomic E-state index is 12.7. The van der Waals surface area contributed by atoms with Crippen LogP contribution < -0.4 is 5.32 Å². The molecule has 0 saturated carbocycles. The van der Waals surface area contributed by atoms with E-state index in [2.05, 4.69) is 15.6 Å². The molecule has 28 heavy (non-hydrogen) atoms.